The van der Waals surface area contributed by atoms with Crippen molar-refractivity contribution in [2.45, 2.75) is 161 Å². The van der Waals surface area contributed by atoms with E-state index in [-0.39, 0.29) is 25.7 Å². The van der Waals surface area contributed by atoms with E-state index in [9.17, 15) is 19.4 Å². The Morgan fingerprint density at radius 2 is 1.26 bits per heavy atom. The summed E-state index contributed by atoms with van der Waals surface area (Å²) in [4.78, 5) is 22.5. The molecule has 0 aromatic carbocycles. The average molecular weight is 669 g/mol. The molecule has 8 nitrogen and oxygen atoms in total. The van der Waals surface area contributed by atoms with E-state index in [0.29, 0.717) is 6.42 Å². The van der Waals surface area contributed by atoms with Gasteiger partial charge < -0.3 is 21.1 Å². The Hall–Kier alpha value is -1.54. The highest BCUT2D eigenvalue weighted by Gasteiger charge is 2.26. The van der Waals surface area contributed by atoms with E-state index in [2.05, 4.69) is 55.6 Å². The van der Waals surface area contributed by atoms with Crippen LogP contribution in [0.4, 0.5) is 0 Å². The molecule has 9 heteroatoms. The largest absolute Gasteiger partial charge is 0.472 e. The van der Waals surface area contributed by atoms with Gasteiger partial charge in [0.2, 0.25) is 5.91 Å². The molecule has 5 N–H and O–H groups in total. The van der Waals surface area contributed by atoms with Crippen LogP contribution >= 0.6 is 7.82 Å². The molecule has 0 aromatic heterocycles. The molecule has 1 amide bonds. The third kappa shape index (κ3) is 31.1. The topological polar surface area (TPSA) is 131 Å². The number of phosphoric ester groups is 1. The molecule has 0 aliphatic heterocycles. The standard InChI is InChI=1S/C37H69N2O6P/c1-3-5-7-9-11-13-15-16-17-18-19-20-21-23-25-27-29-31-37(41)39-35(34-45-46(42,43)44-33-32-38)36(40)30-28-26-24-22-14-12-10-8-6-4-2/h5,7,11,13,16-17,28,30,35-36,40H,3-4,6,8-10,12,14-15,18-27,29,31-34,38H2,1-2H3,(H,39,41)(H,42,43)/b7-5-,13-11-,17-16-,30-28+. The van der Waals surface area contributed by atoms with Crippen molar-refractivity contribution >= 4 is 13.7 Å². The number of phosphoric acid groups is 1. The molecule has 0 saturated carbocycles. The zero-order valence-corrected chi connectivity index (χ0v) is 30.2. The van der Waals surface area contributed by atoms with Crippen LogP contribution in [0.25, 0.3) is 0 Å². The first kappa shape index (κ1) is 44.5. The van der Waals surface area contributed by atoms with E-state index in [1.54, 1.807) is 6.08 Å². The molecule has 0 saturated heterocycles. The highest BCUT2D eigenvalue weighted by atomic mass is 31.2. The van der Waals surface area contributed by atoms with E-state index in [4.69, 9.17) is 14.8 Å². The second kappa shape index (κ2) is 33.4. The van der Waals surface area contributed by atoms with Crippen LogP contribution in [0.3, 0.4) is 0 Å². The quantitative estimate of drug-likeness (QED) is 0.0311. The van der Waals surface area contributed by atoms with Crippen LogP contribution in [0.15, 0.2) is 48.6 Å². The van der Waals surface area contributed by atoms with Gasteiger partial charge in [0, 0.05) is 13.0 Å². The number of hydrogen-bond acceptors (Lipinski definition) is 6. The van der Waals surface area contributed by atoms with Gasteiger partial charge in [-0.1, -0.05) is 140 Å². The number of allylic oxidation sites excluding steroid dienone is 7. The second-order valence-electron chi connectivity index (χ2n) is 12.0. The zero-order chi connectivity index (χ0) is 34.0. The van der Waals surface area contributed by atoms with Gasteiger partial charge in [-0.15, -0.1) is 0 Å². The van der Waals surface area contributed by atoms with Gasteiger partial charge in [0.15, 0.2) is 0 Å². The number of hydrogen-bond donors (Lipinski definition) is 4. The summed E-state index contributed by atoms with van der Waals surface area (Å²) in [6, 6.07) is -0.864. The monoisotopic (exact) mass is 668 g/mol. The lowest BCUT2D eigenvalue weighted by atomic mass is 10.1. The van der Waals surface area contributed by atoms with Crippen LogP contribution in [-0.4, -0.2) is 47.8 Å². The van der Waals surface area contributed by atoms with E-state index in [1.165, 1.54) is 57.8 Å². The van der Waals surface area contributed by atoms with Crippen LogP contribution in [0, 0.1) is 0 Å². The van der Waals surface area contributed by atoms with Crippen molar-refractivity contribution in [2.75, 3.05) is 19.8 Å². The summed E-state index contributed by atoms with van der Waals surface area (Å²) in [5.74, 6) is -0.209. The lowest BCUT2D eigenvalue weighted by molar-refractivity contribution is -0.123. The van der Waals surface area contributed by atoms with Gasteiger partial charge in [-0.05, 0) is 51.4 Å². The molecule has 0 rings (SSSR count). The Bertz CT molecular complexity index is 861. The molecular formula is C37H69N2O6P. The number of rotatable bonds is 33. The van der Waals surface area contributed by atoms with E-state index in [0.717, 1.165) is 70.6 Å². The molecule has 3 unspecified atom stereocenters. The summed E-state index contributed by atoms with van der Waals surface area (Å²) in [6.07, 6.45) is 38.7. The summed E-state index contributed by atoms with van der Waals surface area (Å²) >= 11 is 0. The fourth-order valence-electron chi connectivity index (χ4n) is 4.91. The molecule has 0 spiro atoms. The van der Waals surface area contributed by atoms with Crippen LogP contribution < -0.4 is 11.1 Å². The number of unbranched alkanes of at least 4 members (excludes halogenated alkanes) is 15. The third-order valence-electron chi connectivity index (χ3n) is 7.66. The summed E-state index contributed by atoms with van der Waals surface area (Å²) in [5, 5.41) is 13.5. The van der Waals surface area contributed by atoms with Crippen LogP contribution in [0.2, 0.25) is 0 Å². The number of amides is 1. The maximum atomic E-state index is 12.7. The number of carbonyl (C=O) groups excluding carboxylic acids is 1. The summed E-state index contributed by atoms with van der Waals surface area (Å²) in [6.45, 7) is 3.97. The Labute approximate surface area is 282 Å². The Kier molecular flexibility index (Phi) is 32.2. The fourth-order valence-corrected chi connectivity index (χ4v) is 5.67. The number of aliphatic hydroxyl groups is 1. The number of aliphatic hydroxyl groups excluding tert-OH is 1. The minimum absolute atomic E-state index is 0.0747. The van der Waals surface area contributed by atoms with Crippen molar-refractivity contribution in [1.82, 2.24) is 5.32 Å². The third-order valence-corrected chi connectivity index (χ3v) is 8.64. The molecule has 268 valence electrons. The Morgan fingerprint density at radius 3 is 1.85 bits per heavy atom. The van der Waals surface area contributed by atoms with Gasteiger partial charge in [-0.3, -0.25) is 13.8 Å². The van der Waals surface area contributed by atoms with E-state index >= 15 is 0 Å². The molecule has 0 heterocycles. The number of nitrogens with one attached hydrogen (secondary N) is 1. The lowest BCUT2D eigenvalue weighted by Crippen LogP contribution is -2.45. The molecule has 0 bridgehead atoms. The fraction of sp³-hybridized carbons (Fsp3) is 0.757. The van der Waals surface area contributed by atoms with Gasteiger partial charge in [0.1, 0.15) is 0 Å². The van der Waals surface area contributed by atoms with Crippen molar-refractivity contribution in [2.24, 2.45) is 5.73 Å². The minimum atomic E-state index is -4.33. The first-order chi connectivity index (χ1) is 22.4. The molecule has 0 aromatic rings. The molecule has 46 heavy (non-hydrogen) atoms. The maximum absolute atomic E-state index is 12.7. The molecule has 0 aliphatic rings. The molecule has 3 atom stereocenters. The Balaban J connectivity index is 4.31. The Morgan fingerprint density at radius 1 is 0.739 bits per heavy atom. The number of carbonyl (C=O) groups is 1. The maximum Gasteiger partial charge on any atom is 0.472 e. The van der Waals surface area contributed by atoms with Crippen molar-refractivity contribution < 1.29 is 28.4 Å². The summed E-state index contributed by atoms with van der Waals surface area (Å²) in [7, 11) is -4.33. The van der Waals surface area contributed by atoms with Crippen LogP contribution in [-0.2, 0) is 18.4 Å². The highest BCUT2D eigenvalue weighted by Crippen LogP contribution is 2.43. The zero-order valence-electron chi connectivity index (χ0n) is 29.3. The SMILES string of the molecule is CC/C=C\C/C=C\C/C=C\CCCCCCCCCC(=O)NC(COP(=O)(O)OCCN)C(O)/C=C/CCCCCCCCCC. The van der Waals surface area contributed by atoms with Gasteiger partial charge in [-0.25, -0.2) is 4.57 Å². The average Bonchev–Trinajstić information content (AvgIpc) is 3.04. The van der Waals surface area contributed by atoms with Gasteiger partial charge >= 0.3 is 7.82 Å². The smallest absolute Gasteiger partial charge is 0.387 e. The van der Waals surface area contributed by atoms with Crippen LogP contribution in [0.1, 0.15) is 149 Å². The normalized spacial score (nSPS) is 15.0. The minimum Gasteiger partial charge on any atom is -0.387 e. The van der Waals surface area contributed by atoms with Crippen molar-refractivity contribution in [3.05, 3.63) is 48.6 Å². The van der Waals surface area contributed by atoms with E-state index in [1.807, 2.05) is 6.08 Å². The van der Waals surface area contributed by atoms with Gasteiger partial charge in [0.25, 0.3) is 0 Å². The van der Waals surface area contributed by atoms with Gasteiger partial charge in [-0.2, -0.15) is 0 Å². The second-order valence-corrected chi connectivity index (χ2v) is 13.5. The van der Waals surface area contributed by atoms with Gasteiger partial charge in [0.05, 0.1) is 25.4 Å². The predicted molar refractivity (Wildman–Crippen MR) is 194 cm³/mol. The lowest BCUT2D eigenvalue weighted by Gasteiger charge is -2.23. The first-order valence-electron chi connectivity index (χ1n) is 18.3. The van der Waals surface area contributed by atoms with Crippen molar-refractivity contribution in [3.63, 3.8) is 0 Å². The predicted octanol–water partition coefficient (Wildman–Crippen LogP) is 9.38. The van der Waals surface area contributed by atoms with Crippen molar-refractivity contribution in [1.29, 1.82) is 0 Å². The van der Waals surface area contributed by atoms with E-state index < -0.39 is 20.0 Å². The molecule has 0 fully saturated rings. The van der Waals surface area contributed by atoms with Crippen LogP contribution in [0.5, 0.6) is 0 Å². The highest BCUT2D eigenvalue weighted by molar-refractivity contribution is 7.47. The number of nitrogens with two attached hydrogens (primary N) is 1. The molecule has 0 radical (unpaired) electrons. The molecule has 0 aliphatic carbocycles. The summed E-state index contributed by atoms with van der Waals surface area (Å²) in [5.41, 5.74) is 5.34. The van der Waals surface area contributed by atoms with Crippen molar-refractivity contribution in [3.8, 4) is 0 Å². The summed E-state index contributed by atoms with van der Waals surface area (Å²) < 4.78 is 22.0. The molecular weight excluding hydrogens is 599 g/mol. The first-order valence-corrected chi connectivity index (χ1v) is 19.8.